The molecule has 2 aliphatic rings. The summed E-state index contributed by atoms with van der Waals surface area (Å²) in [5.74, 6) is 0.528. The molecule has 4 heterocycles. The van der Waals surface area contributed by atoms with Crippen LogP contribution in [0.15, 0.2) is 24.5 Å². The van der Waals surface area contributed by atoms with E-state index in [9.17, 15) is 9.18 Å². The molecule has 5 rings (SSSR count). The van der Waals surface area contributed by atoms with E-state index in [0.29, 0.717) is 30.9 Å². The van der Waals surface area contributed by atoms with E-state index in [1.165, 1.54) is 18.5 Å². The van der Waals surface area contributed by atoms with Crippen LogP contribution in [0.25, 0.3) is 21.9 Å². The highest BCUT2D eigenvalue weighted by Gasteiger charge is 2.35. The maximum atomic E-state index is 13.5. The Morgan fingerprint density at radius 2 is 2.20 bits per heavy atom. The Bertz CT molecular complexity index is 988. The monoisotopic (exact) mass is 341 g/mol. The molecule has 2 aliphatic heterocycles. The van der Waals surface area contributed by atoms with Gasteiger partial charge in [-0.15, -0.1) is 0 Å². The van der Waals surface area contributed by atoms with Crippen LogP contribution in [0, 0.1) is 5.82 Å². The molecule has 0 unspecified atom stereocenters. The van der Waals surface area contributed by atoms with Crippen molar-refractivity contribution in [3.8, 4) is 0 Å². The number of anilines is 1. The number of carbonyl (C=O) groups is 1. The molecule has 8 heteroatoms. The molecule has 1 aromatic carbocycles. The Hall–Kier alpha value is -2.90. The Kier molecular flexibility index (Phi) is 3.06. The van der Waals surface area contributed by atoms with E-state index in [1.54, 1.807) is 11.0 Å². The van der Waals surface area contributed by atoms with Crippen molar-refractivity contribution in [2.45, 2.75) is 12.5 Å². The minimum atomic E-state index is -0.289. The van der Waals surface area contributed by atoms with Crippen LogP contribution in [0.1, 0.15) is 6.42 Å². The van der Waals surface area contributed by atoms with Gasteiger partial charge in [0.25, 0.3) is 0 Å². The van der Waals surface area contributed by atoms with Gasteiger partial charge in [-0.2, -0.15) is 0 Å². The van der Waals surface area contributed by atoms with Crippen LogP contribution in [0.4, 0.5) is 15.0 Å². The maximum absolute atomic E-state index is 13.5. The van der Waals surface area contributed by atoms with Gasteiger partial charge in [0.15, 0.2) is 0 Å². The van der Waals surface area contributed by atoms with Gasteiger partial charge in [0.2, 0.25) is 0 Å². The summed E-state index contributed by atoms with van der Waals surface area (Å²) >= 11 is 0. The Balaban J connectivity index is 1.55. The van der Waals surface area contributed by atoms with Crippen LogP contribution in [0.2, 0.25) is 0 Å². The van der Waals surface area contributed by atoms with Gasteiger partial charge < -0.3 is 14.6 Å². The molecule has 2 aromatic heterocycles. The third-order valence-corrected chi connectivity index (χ3v) is 5.03. The predicted molar refractivity (Wildman–Crippen MR) is 90.0 cm³/mol. The molecule has 7 nitrogen and oxygen atoms in total. The lowest BCUT2D eigenvalue weighted by molar-refractivity contribution is 0.150. The van der Waals surface area contributed by atoms with E-state index in [1.807, 2.05) is 0 Å². The van der Waals surface area contributed by atoms with Gasteiger partial charge in [0.1, 0.15) is 30.2 Å². The number of benzene rings is 1. The fraction of sp³-hybridized carbons (Fsp3) is 0.353. The van der Waals surface area contributed by atoms with Crippen molar-refractivity contribution >= 4 is 33.8 Å². The summed E-state index contributed by atoms with van der Waals surface area (Å²) in [5, 5.41) is 1.79. The van der Waals surface area contributed by atoms with Crippen molar-refractivity contribution in [1.82, 2.24) is 19.9 Å². The minimum absolute atomic E-state index is 0.127. The first kappa shape index (κ1) is 14.4. The number of hydrogen-bond donors (Lipinski definition) is 1. The van der Waals surface area contributed by atoms with Gasteiger partial charge >= 0.3 is 6.09 Å². The highest BCUT2D eigenvalue weighted by molar-refractivity contribution is 6.11. The maximum Gasteiger partial charge on any atom is 0.410 e. The smallest absolute Gasteiger partial charge is 0.410 e. The van der Waals surface area contributed by atoms with Gasteiger partial charge in [0, 0.05) is 18.5 Å². The molecular weight excluding hydrogens is 325 g/mol. The SMILES string of the molecule is O=C1OCCN1[C@@H]1CCN(c2ncnc3[nH]c4cc(F)ccc4c23)C1. The number of hydrogen-bond acceptors (Lipinski definition) is 5. The molecule has 25 heavy (non-hydrogen) atoms. The van der Waals surface area contributed by atoms with Crippen LogP contribution >= 0.6 is 0 Å². The normalized spacial score (nSPS) is 20.8. The van der Waals surface area contributed by atoms with Crippen LogP contribution < -0.4 is 4.90 Å². The Morgan fingerprint density at radius 3 is 3.04 bits per heavy atom. The molecule has 1 atom stereocenters. The zero-order chi connectivity index (χ0) is 17.0. The minimum Gasteiger partial charge on any atom is -0.448 e. The van der Waals surface area contributed by atoms with Gasteiger partial charge in [0.05, 0.1) is 23.5 Å². The van der Waals surface area contributed by atoms with Crippen molar-refractivity contribution in [2.24, 2.45) is 0 Å². The first-order valence-electron chi connectivity index (χ1n) is 8.31. The summed E-state index contributed by atoms with van der Waals surface area (Å²) in [6.07, 6.45) is 2.15. The molecule has 2 saturated heterocycles. The number of aromatic amines is 1. The van der Waals surface area contributed by atoms with Crippen molar-refractivity contribution in [3.63, 3.8) is 0 Å². The molecule has 0 spiro atoms. The van der Waals surface area contributed by atoms with Gasteiger partial charge in [-0.3, -0.25) is 4.90 Å². The molecule has 2 fully saturated rings. The highest BCUT2D eigenvalue weighted by Crippen LogP contribution is 2.33. The average molecular weight is 341 g/mol. The van der Waals surface area contributed by atoms with Crippen LogP contribution in [-0.4, -0.2) is 58.2 Å². The van der Waals surface area contributed by atoms with Crippen molar-refractivity contribution < 1.29 is 13.9 Å². The van der Waals surface area contributed by atoms with Gasteiger partial charge in [-0.1, -0.05) is 0 Å². The molecule has 0 radical (unpaired) electrons. The fourth-order valence-corrected chi connectivity index (χ4v) is 3.85. The van der Waals surface area contributed by atoms with E-state index >= 15 is 0 Å². The van der Waals surface area contributed by atoms with E-state index in [2.05, 4.69) is 19.9 Å². The van der Waals surface area contributed by atoms with E-state index in [0.717, 1.165) is 29.6 Å². The molecule has 0 aliphatic carbocycles. The fourth-order valence-electron chi connectivity index (χ4n) is 3.85. The van der Waals surface area contributed by atoms with E-state index in [-0.39, 0.29) is 18.0 Å². The van der Waals surface area contributed by atoms with Crippen molar-refractivity contribution in [2.75, 3.05) is 31.1 Å². The highest BCUT2D eigenvalue weighted by atomic mass is 19.1. The second-order valence-corrected chi connectivity index (χ2v) is 6.43. The number of nitrogens with zero attached hydrogens (tertiary/aromatic N) is 4. The topological polar surface area (TPSA) is 74.3 Å². The van der Waals surface area contributed by atoms with Crippen LogP contribution in [0.3, 0.4) is 0 Å². The number of carbonyl (C=O) groups excluding carboxylic acids is 1. The molecule has 128 valence electrons. The lowest BCUT2D eigenvalue weighted by atomic mass is 10.2. The van der Waals surface area contributed by atoms with Crippen LogP contribution in [0.5, 0.6) is 0 Å². The second kappa shape index (κ2) is 5.30. The number of amides is 1. The number of halogens is 1. The molecule has 1 N–H and O–H groups in total. The number of fused-ring (bicyclic) bond motifs is 3. The number of aromatic nitrogens is 3. The van der Waals surface area contributed by atoms with Crippen molar-refractivity contribution in [1.29, 1.82) is 0 Å². The predicted octanol–water partition coefficient (Wildman–Crippen LogP) is 2.28. The summed E-state index contributed by atoms with van der Waals surface area (Å²) in [7, 11) is 0. The van der Waals surface area contributed by atoms with Crippen LogP contribution in [-0.2, 0) is 4.74 Å². The number of cyclic esters (lactones) is 1. The number of ether oxygens (including phenoxy) is 1. The molecule has 0 saturated carbocycles. The standard InChI is InChI=1S/C17H16FN5O2/c18-10-1-2-12-13(7-10)21-15-14(12)16(20-9-19-15)22-4-3-11(8-22)23-5-6-25-17(23)24/h1-2,7,9,11H,3-6,8H2,(H,19,20,21)/t11-/m1/s1. The summed E-state index contributed by atoms with van der Waals surface area (Å²) in [5.41, 5.74) is 1.39. The number of rotatable bonds is 2. The zero-order valence-corrected chi connectivity index (χ0v) is 13.4. The largest absolute Gasteiger partial charge is 0.448 e. The number of H-pyrrole nitrogens is 1. The molecular formula is C17H16FN5O2. The first-order chi connectivity index (χ1) is 12.2. The van der Waals surface area contributed by atoms with E-state index in [4.69, 9.17) is 4.74 Å². The molecule has 0 bridgehead atoms. The summed E-state index contributed by atoms with van der Waals surface area (Å²) in [6.45, 7) is 2.60. The van der Waals surface area contributed by atoms with E-state index < -0.39 is 0 Å². The Labute approximate surface area is 142 Å². The first-order valence-corrected chi connectivity index (χ1v) is 8.31. The molecule has 1 amide bonds. The summed E-state index contributed by atoms with van der Waals surface area (Å²) in [6, 6.07) is 4.79. The Morgan fingerprint density at radius 1 is 1.28 bits per heavy atom. The third kappa shape index (κ3) is 2.20. The number of nitrogens with one attached hydrogen (secondary N) is 1. The third-order valence-electron chi connectivity index (χ3n) is 5.03. The summed E-state index contributed by atoms with van der Waals surface area (Å²) < 4.78 is 18.6. The zero-order valence-electron chi connectivity index (χ0n) is 13.4. The quantitative estimate of drug-likeness (QED) is 0.774. The summed E-state index contributed by atoms with van der Waals surface area (Å²) in [4.78, 5) is 27.7. The lowest BCUT2D eigenvalue weighted by Crippen LogP contribution is -2.38. The van der Waals surface area contributed by atoms with Gasteiger partial charge in [-0.25, -0.2) is 19.2 Å². The molecule has 3 aromatic rings. The average Bonchev–Trinajstić information content (AvgIpc) is 3.31. The van der Waals surface area contributed by atoms with Crippen molar-refractivity contribution in [3.05, 3.63) is 30.3 Å². The van der Waals surface area contributed by atoms with Gasteiger partial charge in [-0.05, 0) is 24.6 Å². The second-order valence-electron chi connectivity index (χ2n) is 6.43. The lowest BCUT2D eigenvalue weighted by Gasteiger charge is -2.22.